The molecule has 0 saturated carbocycles. The SMILES string of the molecule is CCCN(CCC)C(=O)c1cc(C)cc(C(=O)N[C@@H](Cc2cc(F)cc(F)c2)[C@H](O)CNCc2cccc(CNC(=O)O)c2)c1. The third kappa shape index (κ3) is 11.3. The number of aryl methyl sites for hydroxylation is 1. The van der Waals surface area contributed by atoms with E-state index in [1.165, 1.54) is 6.07 Å². The molecule has 242 valence electrons. The molecule has 3 aromatic rings. The van der Waals surface area contributed by atoms with Crippen LogP contribution in [0.4, 0.5) is 13.6 Å². The molecular formula is C34H42F2N4O5. The summed E-state index contributed by atoms with van der Waals surface area (Å²) in [6, 6.07) is 14.3. The Morgan fingerprint density at radius 1 is 0.844 bits per heavy atom. The molecule has 0 aliphatic rings. The maximum absolute atomic E-state index is 14.0. The molecule has 0 aromatic heterocycles. The van der Waals surface area contributed by atoms with Gasteiger partial charge in [-0.05, 0) is 78.8 Å². The van der Waals surface area contributed by atoms with Crippen molar-refractivity contribution in [1.29, 1.82) is 0 Å². The minimum atomic E-state index is -1.16. The van der Waals surface area contributed by atoms with E-state index >= 15 is 0 Å². The number of amides is 3. The molecule has 0 aliphatic heterocycles. The number of benzene rings is 3. The van der Waals surface area contributed by atoms with Crippen LogP contribution in [0.3, 0.4) is 0 Å². The Kier molecular flexibility index (Phi) is 13.4. The third-order valence-corrected chi connectivity index (χ3v) is 7.14. The van der Waals surface area contributed by atoms with Gasteiger partial charge < -0.3 is 31.1 Å². The summed E-state index contributed by atoms with van der Waals surface area (Å²) >= 11 is 0. The molecule has 3 rings (SSSR count). The van der Waals surface area contributed by atoms with E-state index in [-0.39, 0.29) is 36.5 Å². The van der Waals surface area contributed by atoms with Gasteiger partial charge in [-0.2, -0.15) is 0 Å². The van der Waals surface area contributed by atoms with Gasteiger partial charge in [-0.1, -0.05) is 38.1 Å². The van der Waals surface area contributed by atoms with Crippen LogP contribution in [0.1, 0.15) is 69.7 Å². The Morgan fingerprint density at radius 3 is 2.09 bits per heavy atom. The quantitative estimate of drug-likeness (QED) is 0.156. The summed E-state index contributed by atoms with van der Waals surface area (Å²) in [5.41, 5.74) is 3.19. The zero-order valence-electron chi connectivity index (χ0n) is 25.9. The zero-order valence-corrected chi connectivity index (χ0v) is 25.9. The number of rotatable bonds is 16. The van der Waals surface area contributed by atoms with Crippen LogP contribution in [0.15, 0.2) is 60.7 Å². The van der Waals surface area contributed by atoms with Crippen LogP contribution in [-0.2, 0) is 19.5 Å². The Hall–Kier alpha value is -4.35. The molecule has 0 unspecified atom stereocenters. The number of carboxylic acid groups (broad SMARTS) is 1. The first-order valence-electron chi connectivity index (χ1n) is 15.1. The number of hydrogen-bond donors (Lipinski definition) is 5. The molecule has 0 saturated heterocycles. The standard InChI is InChI=1S/C34H42F2N4O5/c1-4-9-40(10-5-2)33(43)27-12-22(3)11-26(17-27)32(42)39-30(16-25-14-28(35)18-29(36)15-25)31(41)21-37-19-23-7-6-8-24(13-23)20-38-34(44)45/h6-8,11-15,17-18,30-31,37-38,41H,4-5,9-10,16,19-21H2,1-3H3,(H,39,42)(H,44,45)/t30-,31+/m0/s1. The molecule has 0 bridgehead atoms. The fourth-order valence-electron chi connectivity index (χ4n) is 5.13. The number of halogens is 2. The summed E-state index contributed by atoms with van der Waals surface area (Å²) in [5, 5.41) is 28.3. The first-order chi connectivity index (χ1) is 21.5. The molecule has 0 fully saturated rings. The van der Waals surface area contributed by atoms with Crippen LogP contribution < -0.4 is 16.0 Å². The van der Waals surface area contributed by atoms with E-state index in [0.29, 0.717) is 30.8 Å². The fourth-order valence-corrected chi connectivity index (χ4v) is 5.13. The van der Waals surface area contributed by atoms with Crippen LogP contribution in [0, 0.1) is 18.6 Å². The second-order valence-corrected chi connectivity index (χ2v) is 11.1. The third-order valence-electron chi connectivity index (χ3n) is 7.14. The molecule has 9 nitrogen and oxygen atoms in total. The highest BCUT2D eigenvalue weighted by atomic mass is 19.1. The van der Waals surface area contributed by atoms with Gasteiger partial charge >= 0.3 is 6.09 Å². The predicted molar refractivity (Wildman–Crippen MR) is 168 cm³/mol. The molecule has 0 aliphatic carbocycles. The molecule has 11 heteroatoms. The number of aliphatic hydroxyl groups is 1. The normalized spacial score (nSPS) is 12.3. The summed E-state index contributed by atoms with van der Waals surface area (Å²) < 4.78 is 28.0. The van der Waals surface area contributed by atoms with Gasteiger partial charge in [0.25, 0.3) is 11.8 Å². The lowest BCUT2D eigenvalue weighted by Crippen LogP contribution is -2.48. The molecule has 0 radical (unpaired) electrons. The fraction of sp³-hybridized carbons (Fsp3) is 0.382. The zero-order chi connectivity index (χ0) is 32.9. The molecule has 0 spiro atoms. The van der Waals surface area contributed by atoms with E-state index in [0.717, 1.165) is 42.2 Å². The molecular weight excluding hydrogens is 582 g/mol. The first kappa shape index (κ1) is 35.1. The minimum absolute atomic E-state index is 0.0287. The Labute approximate surface area is 262 Å². The van der Waals surface area contributed by atoms with Crippen molar-refractivity contribution in [1.82, 2.24) is 20.9 Å². The smallest absolute Gasteiger partial charge is 0.404 e. The second-order valence-electron chi connectivity index (χ2n) is 11.1. The Balaban J connectivity index is 1.78. The van der Waals surface area contributed by atoms with Gasteiger partial charge in [0.05, 0.1) is 12.1 Å². The average molecular weight is 625 g/mol. The van der Waals surface area contributed by atoms with Crippen LogP contribution in [0.2, 0.25) is 0 Å². The van der Waals surface area contributed by atoms with E-state index in [4.69, 9.17) is 5.11 Å². The number of carbonyl (C=O) groups is 3. The molecule has 2 atom stereocenters. The lowest BCUT2D eigenvalue weighted by molar-refractivity contribution is 0.0755. The first-order valence-corrected chi connectivity index (χ1v) is 15.1. The van der Waals surface area contributed by atoms with Crippen LogP contribution in [-0.4, -0.2) is 64.8 Å². The number of nitrogens with one attached hydrogen (secondary N) is 3. The van der Waals surface area contributed by atoms with E-state index < -0.39 is 35.8 Å². The van der Waals surface area contributed by atoms with Gasteiger partial charge in [-0.3, -0.25) is 9.59 Å². The predicted octanol–water partition coefficient (Wildman–Crippen LogP) is 4.79. The van der Waals surface area contributed by atoms with Crippen LogP contribution in [0.25, 0.3) is 0 Å². The summed E-state index contributed by atoms with van der Waals surface area (Å²) in [5.74, 6) is -2.25. The number of hydrogen-bond acceptors (Lipinski definition) is 5. The molecule has 3 amide bonds. The van der Waals surface area contributed by atoms with Gasteiger partial charge in [-0.15, -0.1) is 0 Å². The van der Waals surface area contributed by atoms with E-state index in [9.17, 15) is 28.3 Å². The second kappa shape index (κ2) is 17.2. The largest absolute Gasteiger partial charge is 0.465 e. The van der Waals surface area contributed by atoms with E-state index in [2.05, 4.69) is 16.0 Å². The van der Waals surface area contributed by atoms with Gasteiger partial charge in [0.2, 0.25) is 0 Å². The Morgan fingerprint density at radius 2 is 1.47 bits per heavy atom. The van der Waals surface area contributed by atoms with Crippen LogP contribution in [0.5, 0.6) is 0 Å². The topological polar surface area (TPSA) is 131 Å². The highest BCUT2D eigenvalue weighted by Gasteiger charge is 2.24. The van der Waals surface area contributed by atoms with Crippen LogP contribution >= 0.6 is 0 Å². The van der Waals surface area contributed by atoms with Crippen molar-refractivity contribution in [3.05, 3.63) is 106 Å². The molecule has 0 heterocycles. The maximum atomic E-state index is 14.0. The highest BCUT2D eigenvalue weighted by molar-refractivity contribution is 6.00. The number of carbonyl (C=O) groups excluding carboxylic acids is 2. The maximum Gasteiger partial charge on any atom is 0.404 e. The van der Waals surface area contributed by atoms with Crippen molar-refractivity contribution in [2.24, 2.45) is 0 Å². The lowest BCUT2D eigenvalue weighted by atomic mass is 9.99. The summed E-state index contributed by atoms with van der Waals surface area (Å²) in [6.45, 7) is 7.47. The van der Waals surface area contributed by atoms with Gasteiger partial charge in [0.15, 0.2) is 0 Å². The molecule has 3 aromatic carbocycles. The average Bonchev–Trinajstić information content (AvgIpc) is 2.98. The van der Waals surface area contributed by atoms with Gasteiger partial charge in [0.1, 0.15) is 11.6 Å². The lowest BCUT2D eigenvalue weighted by Gasteiger charge is -2.25. The number of nitrogens with zero attached hydrogens (tertiary/aromatic N) is 1. The van der Waals surface area contributed by atoms with Crippen molar-refractivity contribution in [3.63, 3.8) is 0 Å². The van der Waals surface area contributed by atoms with Crippen molar-refractivity contribution >= 4 is 17.9 Å². The van der Waals surface area contributed by atoms with Crippen molar-refractivity contribution in [2.75, 3.05) is 19.6 Å². The van der Waals surface area contributed by atoms with Gasteiger partial charge in [0, 0.05) is 49.9 Å². The van der Waals surface area contributed by atoms with Crippen molar-refractivity contribution < 1.29 is 33.4 Å². The molecule has 45 heavy (non-hydrogen) atoms. The Bertz CT molecular complexity index is 1440. The molecule has 5 N–H and O–H groups in total. The van der Waals surface area contributed by atoms with E-state index in [1.54, 1.807) is 36.1 Å². The van der Waals surface area contributed by atoms with Gasteiger partial charge in [-0.25, -0.2) is 13.6 Å². The minimum Gasteiger partial charge on any atom is -0.465 e. The van der Waals surface area contributed by atoms with Crippen molar-refractivity contribution in [3.8, 4) is 0 Å². The van der Waals surface area contributed by atoms with Crippen molar-refractivity contribution in [2.45, 2.75) is 65.3 Å². The monoisotopic (exact) mass is 624 g/mol. The summed E-state index contributed by atoms with van der Waals surface area (Å²) in [6.07, 6.45) is -0.749. The highest BCUT2D eigenvalue weighted by Crippen LogP contribution is 2.16. The summed E-state index contributed by atoms with van der Waals surface area (Å²) in [4.78, 5) is 39.3. The number of aliphatic hydroxyl groups excluding tert-OH is 1. The summed E-state index contributed by atoms with van der Waals surface area (Å²) in [7, 11) is 0. The van der Waals surface area contributed by atoms with E-state index in [1.807, 2.05) is 26.0 Å².